The predicted octanol–water partition coefficient (Wildman–Crippen LogP) is 1.43. The van der Waals surface area contributed by atoms with Gasteiger partial charge in [-0.3, -0.25) is 4.98 Å². The van der Waals surface area contributed by atoms with Crippen LogP contribution in [0.15, 0.2) is 29.9 Å². The zero-order valence-corrected chi connectivity index (χ0v) is 8.48. The summed E-state index contributed by atoms with van der Waals surface area (Å²) in [5, 5.41) is 6.12. The van der Waals surface area contributed by atoms with Gasteiger partial charge in [0.25, 0.3) is 0 Å². The lowest BCUT2D eigenvalue weighted by atomic mass is 10.3. The topological polar surface area (TPSA) is 69.1 Å². The number of fused-ring (bicyclic) bond motifs is 1. The Balaban J connectivity index is 2.20. The van der Waals surface area contributed by atoms with Gasteiger partial charge < -0.3 is 5.73 Å². The summed E-state index contributed by atoms with van der Waals surface area (Å²) in [5.74, 6) is 1.26. The van der Waals surface area contributed by atoms with E-state index in [1.165, 1.54) is 11.3 Å². The minimum Gasteiger partial charge on any atom is -0.383 e. The summed E-state index contributed by atoms with van der Waals surface area (Å²) >= 11 is 1.47. The van der Waals surface area contributed by atoms with E-state index in [0.29, 0.717) is 11.6 Å². The molecular weight excluding hydrogens is 210 g/mol. The summed E-state index contributed by atoms with van der Waals surface area (Å²) in [5.41, 5.74) is 6.62. The van der Waals surface area contributed by atoms with Gasteiger partial charge in [0.05, 0.1) is 0 Å². The molecule has 74 valence electrons. The third-order valence-electron chi connectivity index (χ3n) is 2.03. The molecule has 0 unspecified atom stereocenters. The van der Waals surface area contributed by atoms with Crippen LogP contribution in [-0.2, 0) is 0 Å². The Labute approximate surface area is 89.2 Å². The smallest absolute Gasteiger partial charge is 0.214 e. The van der Waals surface area contributed by atoms with Crippen molar-refractivity contribution in [2.45, 2.75) is 0 Å². The molecule has 15 heavy (non-hydrogen) atoms. The molecule has 3 aromatic rings. The standard InChI is InChI=1S/C9H7N5S/c10-7-5-15-9-12-8(13-14(7)9)6-2-1-3-11-4-6/h1-5H,10H2. The van der Waals surface area contributed by atoms with Crippen molar-refractivity contribution in [1.29, 1.82) is 0 Å². The quantitative estimate of drug-likeness (QED) is 0.669. The molecule has 0 saturated heterocycles. The van der Waals surface area contributed by atoms with Gasteiger partial charge in [-0.15, -0.1) is 16.4 Å². The minimum absolute atomic E-state index is 0.609. The number of hydrogen-bond donors (Lipinski definition) is 1. The van der Waals surface area contributed by atoms with Gasteiger partial charge in [-0.1, -0.05) is 0 Å². The van der Waals surface area contributed by atoms with E-state index in [4.69, 9.17) is 5.73 Å². The molecule has 0 aliphatic rings. The summed E-state index contributed by atoms with van der Waals surface area (Å²) < 4.78 is 1.63. The molecule has 0 aromatic carbocycles. The highest BCUT2D eigenvalue weighted by atomic mass is 32.1. The van der Waals surface area contributed by atoms with E-state index in [0.717, 1.165) is 10.5 Å². The molecule has 0 spiro atoms. The van der Waals surface area contributed by atoms with Crippen molar-refractivity contribution in [3.8, 4) is 11.4 Å². The molecule has 0 bridgehead atoms. The average Bonchev–Trinajstić information content (AvgIpc) is 2.83. The van der Waals surface area contributed by atoms with E-state index in [1.807, 2.05) is 17.5 Å². The average molecular weight is 217 g/mol. The second-order valence-electron chi connectivity index (χ2n) is 3.03. The third-order valence-corrected chi connectivity index (χ3v) is 2.86. The molecular formula is C9H7N5S. The van der Waals surface area contributed by atoms with Crippen LogP contribution in [0.1, 0.15) is 0 Å². The molecule has 6 heteroatoms. The number of rotatable bonds is 1. The number of nitrogen functional groups attached to an aromatic ring is 1. The summed E-state index contributed by atoms with van der Waals surface area (Å²) in [6.07, 6.45) is 3.45. The molecule has 3 heterocycles. The third kappa shape index (κ3) is 1.26. The highest BCUT2D eigenvalue weighted by Gasteiger charge is 2.08. The van der Waals surface area contributed by atoms with Crippen LogP contribution in [0.5, 0.6) is 0 Å². The lowest BCUT2D eigenvalue weighted by Gasteiger charge is -1.91. The molecule has 0 fully saturated rings. The monoisotopic (exact) mass is 217 g/mol. The van der Waals surface area contributed by atoms with Gasteiger partial charge in [0.1, 0.15) is 5.82 Å². The van der Waals surface area contributed by atoms with E-state index in [9.17, 15) is 0 Å². The Kier molecular flexibility index (Phi) is 1.69. The summed E-state index contributed by atoms with van der Waals surface area (Å²) in [6.45, 7) is 0. The minimum atomic E-state index is 0.609. The fourth-order valence-corrected chi connectivity index (χ4v) is 2.03. The van der Waals surface area contributed by atoms with Crippen molar-refractivity contribution in [3.63, 3.8) is 0 Å². The van der Waals surface area contributed by atoms with Gasteiger partial charge in [-0.25, -0.2) is 0 Å². The Bertz CT molecular complexity index is 597. The first kappa shape index (κ1) is 8.37. The summed E-state index contributed by atoms with van der Waals surface area (Å²) in [4.78, 5) is 9.17. The zero-order valence-electron chi connectivity index (χ0n) is 7.66. The number of nitrogens with zero attached hydrogens (tertiary/aromatic N) is 4. The molecule has 3 aromatic heterocycles. The van der Waals surface area contributed by atoms with Gasteiger partial charge in [-0.05, 0) is 12.1 Å². The molecule has 0 saturated carbocycles. The zero-order chi connectivity index (χ0) is 10.3. The molecule has 0 radical (unpaired) electrons. The van der Waals surface area contributed by atoms with Gasteiger partial charge in [0, 0.05) is 23.3 Å². The van der Waals surface area contributed by atoms with Crippen molar-refractivity contribution < 1.29 is 0 Å². The number of pyridine rings is 1. The maximum absolute atomic E-state index is 5.72. The van der Waals surface area contributed by atoms with Gasteiger partial charge in [-0.2, -0.15) is 9.50 Å². The lowest BCUT2D eigenvalue weighted by molar-refractivity contribution is 0.992. The highest BCUT2D eigenvalue weighted by molar-refractivity contribution is 7.15. The predicted molar refractivity (Wildman–Crippen MR) is 58.5 cm³/mol. The van der Waals surface area contributed by atoms with E-state index in [2.05, 4.69) is 15.1 Å². The van der Waals surface area contributed by atoms with Gasteiger partial charge in [0.2, 0.25) is 4.96 Å². The SMILES string of the molecule is Nc1csc2nc(-c3cccnc3)nn12. The van der Waals surface area contributed by atoms with E-state index < -0.39 is 0 Å². The van der Waals surface area contributed by atoms with Crippen molar-refractivity contribution in [2.75, 3.05) is 5.73 Å². The van der Waals surface area contributed by atoms with Crippen LogP contribution in [0.25, 0.3) is 16.3 Å². The normalized spacial score (nSPS) is 10.9. The van der Waals surface area contributed by atoms with Crippen molar-refractivity contribution >= 4 is 22.1 Å². The first-order valence-electron chi connectivity index (χ1n) is 4.35. The number of thiazole rings is 1. The van der Waals surface area contributed by atoms with E-state index >= 15 is 0 Å². The Morgan fingerprint density at radius 1 is 1.40 bits per heavy atom. The van der Waals surface area contributed by atoms with Gasteiger partial charge in [0.15, 0.2) is 5.82 Å². The van der Waals surface area contributed by atoms with Crippen LogP contribution in [0, 0.1) is 0 Å². The highest BCUT2D eigenvalue weighted by Crippen LogP contribution is 2.20. The van der Waals surface area contributed by atoms with Crippen LogP contribution in [0.4, 0.5) is 5.82 Å². The molecule has 0 atom stereocenters. The maximum atomic E-state index is 5.72. The van der Waals surface area contributed by atoms with Crippen LogP contribution in [0.2, 0.25) is 0 Å². The summed E-state index contributed by atoms with van der Waals surface area (Å²) in [7, 11) is 0. The second-order valence-corrected chi connectivity index (χ2v) is 3.87. The van der Waals surface area contributed by atoms with Crippen LogP contribution in [0.3, 0.4) is 0 Å². The fraction of sp³-hybridized carbons (Fsp3) is 0. The van der Waals surface area contributed by atoms with Crippen LogP contribution < -0.4 is 5.73 Å². The lowest BCUT2D eigenvalue weighted by Crippen LogP contribution is -1.92. The first-order chi connectivity index (χ1) is 7.34. The Morgan fingerprint density at radius 3 is 3.07 bits per heavy atom. The van der Waals surface area contributed by atoms with Crippen LogP contribution >= 0.6 is 11.3 Å². The number of anilines is 1. The van der Waals surface area contributed by atoms with E-state index in [1.54, 1.807) is 16.9 Å². The molecule has 2 N–H and O–H groups in total. The number of hydrogen-bond acceptors (Lipinski definition) is 5. The fourth-order valence-electron chi connectivity index (χ4n) is 1.32. The Hall–Kier alpha value is -1.95. The molecule has 0 amide bonds. The number of nitrogens with two attached hydrogens (primary N) is 1. The largest absolute Gasteiger partial charge is 0.383 e. The van der Waals surface area contributed by atoms with Crippen LogP contribution in [-0.4, -0.2) is 19.6 Å². The van der Waals surface area contributed by atoms with Crippen molar-refractivity contribution in [3.05, 3.63) is 29.9 Å². The summed E-state index contributed by atoms with van der Waals surface area (Å²) in [6, 6.07) is 3.77. The molecule has 0 aliphatic carbocycles. The van der Waals surface area contributed by atoms with Crippen molar-refractivity contribution in [1.82, 2.24) is 19.6 Å². The van der Waals surface area contributed by atoms with Crippen molar-refractivity contribution in [2.24, 2.45) is 0 Å². The molecule has 3 rings (SSSR count). The molecule has 5 nitrogen and oxygen atoms in total. The second kappa shape index (κ2) is 3.03. The maximum Gasteiger partial charge on any atom is 0.214 e. The van der Waals surface area contributed by atoms with E-state index in [-0.39, 0.29) is 0 Å². The molecule has 0 aliphatic heterocycles. The number of aromatic nitrogens is 4. The Morgan fingerprint density at radius 2 is 2.33 bits per heavy atom. The first-order valence-corrected chi connectivity index (χ1v) is 5.23. The van der Waals surface area contributed by atoms with Gasteiger partial charge >= 0.3 is 0 Å².